The molecule has 1 heterocycles. The molecule has 0 amide bonds. The summed E-state index contributed by atoms with van der Waals surface area (Å²) in [6, 6.07) is 15.6. The van der Waals surface area contributed by atoms with Crippen LogP contribution >= 0.6 is 0 Å². The van der Waals surface area contributed by atoms with Gasteiger partial charge in [-0.05, 0) is 48.6 Å². The van der Waals surface area contributed by atoms with Crippen LogP contribution in [0, 0.1) is 0 Å². The number of benzene rings is 2. The van der Waals surface area contributed by atoms with Crippen LogP contribution in [0.5, 0.6) is 0 Å². The summed E-state index contributed by atoms with van der Waals surface area (Å²) >= 11 is 0. The summed E-state index contributed by atoms with van der Waals surface area (Å²) in [6.07, 6.45) is 9.13. The highest BCUT2D eigenvalue weighted by Gasteiger charge is 2.30. The van der Waals surface area contributed by atoms with Crippen molar-refractivity contribution in [3.8, 4) is 0 Å². The third kappa shape index (κ3) is 3.29. The van der Waals surface area contributed by atoms with Crippen LogP contribution in [0.4, 0.5) is 0 Å². The molecule has 1 heteroatoms. The second kappa shape index (κ2) is 6.62. The molecule has 1 unspecified atom stereocenters. The molecule has 3 rings (SSSR count). The average Bonchev–Trinajstić information content (AvgIpc) is 2.74. The fraction of sp³-hybridized carbons (Fsp3) is 0.500. The third-order valence-corrected chi connectivity index (χ3v) is 4.97. The summed E-state index contributed by atoms with van der Waals surface area (Å²) in [5.74, 6) is 0. The molecule has 1 aliphatic rings. The number of rotatable bonds is 4. The first-order valence-corrected chi connectivity index (χ1v) is 8.55. The second-order valence-corrected chi connectivity index (χ2v) is 6.58. The van der Waals surface area contributed by atoms with Crippen molar-refractivity contribution >= 4 is 10.8 Å². The van der Waals surface area contributed by atoms with E-state index in [9.17, 15) is 0 Å². The Hall–Kier alpha value is -1.34. The van der Waals surface area contributed by atoms with Gasteiger partial charge in [0.05, 0.1) is 0 Å². The van der Waals surface area contributed by atoms with Gasteiger partial charge in [0, 0.05) is 5.54 Å². The second-order valence-electron chi connectivity index (χ2n) is 6.58. The fourth-order valence-electron chi connectivity index (χ4n) is 3.95. The van der Waals surface area contributed by atoms with Crippen molar-refractivity contribution in [1.82, 2.24) is 5.32 Å². The molecule has 2 aromatic carbocycles. The largest absolute Gasteiger partial charge is 0.311 e. The third-order valence-electron chi connectivity index (χ3n) is 4.97. The average molecular weight is 281 g/mol. The molecule has 0 spiro atoms. The van der Waals surface area contributed by atoms with Crippen LogP contribution in [0.2, 0.25) is 0 Å². The Kier molecular flexibility index (Phi) is 4.60. The maximum Gasteiger partial charge on any atom is 0.0221 e. The molecule has 0 aliphatic carbocycles. The lowest BCUT2D eigenvalue weighted by atomic mass is 9.81. The Morgan fingerprint density at radius 1 is 1.00 bits per heavy atom. The van der Waals surface area contributed by atoms with Crippen molar-refractivity contribution in [2.45, 2.75) is 57.4 Å². The highest BCUT2D eigenvalue weighted by atomic mass is 15.0. The van der Waals surface area contributed by atoms with Gasteiger partial charge in [0.15, 0.2) is 0 Å². The lowest BCUT2D eigenvalue weighted by Gasteiger charge is -2.34. The first-order valence-electron chi connectivity index (χ1n) is 8.55. The van der Waals surface area contributed by atoms with Crippen LogP contribution in [-0.2, 0) is 6.42 Å². The van der Waals surface area contributed by atoms with Crippen LogP contribution in [0.3, 0.4) is 0 Å². The Morgan fingerprint density at radius 3 is 2.76 bits per heavy atom. The molecule has 1 saturated heterocycles. The van der Waals surface area contributed by atoms with Gasteiger partial charge in [0.1, 0.15) is 0 Å². The number of hydrogen-bond acceptors (Lipinski definition) is 1. The normalized spacial score (nSPS) is 23.1. The molecular weight excluding hydrogens is 254 g/mol. The minimum atomic E-state index is 0.315. The van der Waals surface area contributed by atoms with Gasteiger partial charge >= 0.3 is 0 Å². The first kappa shape index (κ1) is 14.6. The molecule has 0 radical (unpaired) electrons. The van der Waals surface area contributed by atoms with Crippen LogP contribution in [0.25, 0.3) is 10.8 Å². The smallest absolute Gasteiger partial charge is 0.0221 e. The molecule has 1 atom stereocenters. The van der Waals surface area contributed by atoms with Crippen molar-refractivity contribution in [2.24, 2.45) is 0 Å². The summed E-state index contributed by atoms with van der Waals surface area (Å²) in [6.45, 7) is 3.50. The Bertz CT molecular complexity index is 574. The highest BCUT2D eigenvalue weighted by molar-refractivity contribution is 5.85. The summed E-state index contributed by atoms with van der Waals surface area (Å²) in [5, 5.41) is 6.71. The predicted octanol–water partition coefficient (Wildman–Crippen LogP) is 5.08. The molecule has 1 N–H and O–H groups in total. The van der Waals surface area contributed by atoms with Gasteiger partial charge < -0.3 is 5.32 Å². The van der Waals surface area contributed by atoms with E-state index >= 15 is 0 Å². The van der Waals surface area contributed by atoms with E-state index in [4.69, 9.17) is 0 Å². The molecule has 0 saturated carbocycles. The molecule has 0 bridgehead atoms. The number of hydrogen-bond donors (Lipinski definition) is 1. The Morgan fingerprint density at radius 2 is 1.86 bits per heavy atom. The standard InChI is InChI=1S/C20H27N/c1-2-13-20(14-6-3-7-15-21-20)16-18-11-8-10-17-9-4-5-12-19(17)18/h4-5,8-12,21H,2-3,6-7,13-16H2,1H3. The van der Waals surface area contributed by atoms with Gasteiger partial charge in [0.25, 0.3) is 0 Å². The van der Waals surface area contributed by atoms with E-state index in [0.717, 1.165) is 0 Å². The number of nitrogens with one attached hydrogen (secondary N) is 1. The minimum absolute atomic E-state index is 0.315. The van der Waals surface area contributed by atoms with E-state index in [1.165, 1.54) is 67.8 Å². The first-order chi connectivity index (χ1) is 10.3. The van der Waals surface area contributed by atoms with Gasteiger partial charge in [-0.3, -0.25) is 0 Å². The van der Waals surface area contributed by atoms with Crippen LogP contribution < -0.4 is 5.32 Å². The highest BCUT2D eigenvalue weighted by Crippen LogP contribution is 2.30. The Labute approximate surface area is 128 Å². The van der Waals surface area contributed by atoms with E-state index in [1.807, 2.05) is 0 Å². The van der Waals surface area contributed by atoms with Crippen LogP contribution in [0.15, 0.2) is 42.5 Å². The fourth-order valence-corrected chi connectivity index (χ4v) is 3.95. The van der Waals surface area contributed by atoms with Gasteiger partial charge in [-0.25, -0.2) is 0 Å². The molecule has 1 fully saturated rings. The molecule has 21 heavy (non-hydrogen) atoms. The number of fused-ring (bicyclic) bond motifs is 1. The molecular formula is C20H27N. The summed E-state index contributed by atoms with van der Waals surface area (Å²) in [4.78, 5) is 0. The zero-order valence-corrected chi connectivity index (χ0v) is 13.2. The SMILES string of the molecule is CCCC1(Cc2cccc3ccccc23)CCCCCN1. The van der Waals surface area contributed by atoms with Crippen molar-refractivity contribution in [1.29, 1.82) is 0 Å². The monoisotopic (exact) mass is 281 g/mol. The lowest BCUT2D eigenvalue weighted by Crippen LogP contribution is -2.46. The maximum absolute atomic E-state index is 3.91. The van der Waals surface area contributed by atoms with E-state index in [-0.39, 0.29) is 0 Å². The van der Waals surface area contributed by atoms with Gasteiger partial charge in [-0.2, -0.15) is 0 Å². The lowest BCUT2D eigenvalue weighted by molar-refractivity contribution is 0.289. The van der Waals surface area contributed by atoms with E-state index in [1.54, 1.807) is 0 Å². The molecule has 1 nitrogen and oxygen atoms in total. The zero-order chi connectivity index (χ0) is 14.5. The van der Waals surface area contributed by atoms with Gasteiger partial charge in [0.2, 0.25) is 0 Å². The van der Waals surface area contributed by atoms with E-state index in [0.29, 0.717) is 5.54 Å². The van der Waals surface area contributed by atoms with Crippen molar-refractivity contribution in [3.05, 3.63) is 48.0 Å². The van der Waals surface area contributed by atoms with Gasteiger partial charge in [-0.15, -0.1) is 0 Å². The molecule has 2 aromatic rings. The van der Waals surface area contributed by atoms with Crippen molar-refractivity contribution < 1.29 is 0 Å². The summed E-state index contributed by atoms with van der Waals surface area (Å²) in [5.41, 5.74) is 1.82. The van der Waals surface area contributed by atoms with E-state index < -0.39 is 0 Å². The topological polar surface area (TPSA) is 12.0 Å². The van der Waals surface area contributed by atoms with E-state index in [2.05, 4.69) is 54.7 Å². The zero-order valence-electron chi connectivity index (χ0n) is 13.2. The minimum Gasteiger partial charge on any atom is -0.311 e. The quantitative estimate of drug-likeness (QED) is 0.823. The summed E-state index contributed by atoms with van der Waals surface area (Å²) in [7, 11) is 0. The summed E-state index contributed by atoms with van der Waals surface area (Å²) < 4.78 is 0. The predicted molar refractivity (Wildman–Crippen MR) is 91.8 cm³/mol. The Balaban J connectivity index is 1.93. The van der Waals surface area contributed by atoms with Gasteiger partial charge in [-0.1, -0.05) is 68.7 Å². The van der Waals surface area contributed by atoms with Crippen molar-refractivity contribution in [2.75, 3.05) is 6.54 Å². The van der Waals surface area contributed by atoms with Crippen LogP contribution in [0.1, 0.15) is 51.0 Å². The molecule has 112 valence electrons. The van der Waals surface area contributed by atoms with Crippen molar-refractivity contribution in [3.63, 3.8) is 0 Å². The maximum atomic E-state index is 3.91. The molecule has 1 aliphatic heterocycles. The molecule has 0 aromatic heterocycles. The van der Waals surface area contributed by atoms with Crippen LogP contribution in [-0.4, -0.2) is 12.1 Å².